The van der Waals surface area contributed by atoms with Gasteiger partial charge in [0.05, 0.1) is 5.92 Å². The van der Waals surface area contributed by atoms with Crippen molar-refractivity contribution in [3.05, 3.63) is 65.7 Å². The predicted molar refractivity (Wildman–Crippen MR) is 91.0 cm³/mol. The number of carbonyl (C=O) groups is 2. The minimum Gasteiger partial charge on any atom is -0.483 e. The summed E-state index contributed by atoms with van der Waals surface area (Å²) in [5.41, 5.74) is 2.16. The Morgan fingerprint density at radius 3 is 2.46 bits per heavy atom. The number of amides is 1. The number of hydrogen-bond acceptors (Lipinski definition) is 3. The molecule has 0 aliphatic heterocycles. The molecule has 0 fully saturated rings. The molecule has 2 rings (SSSR count). The van der Waals surface area contributed by atoms with Gasteiger partial charge in [-0.1, -0.05) is 55.5 Å². The molecule has 0 heterocycles. The van der Waals surface area contributed by atoms with Crippen LogP contribution in [0.25, 0.3) is 0 Å². The summed E-state index contributed by atoms with van der Waals surface area (Å²) in [4.78, 5) is 22.5. The topological polar surface area (TPSA) is 75.6 Å². The van der Waals surface area contributed by atoms with Gasteiger partial charge in [0.1, 0.15) is 5.75 Å². The van der Waals surface area contributed by atoms with Gasteiger partial charge in [0.2, 0.25) is 0 Å². The van der Waals surface area contributed by atoms with Gasteiger partial charge >= 0.3 is 5.97 Å². The number of carboxylic acids is 1. The Balaban J connectivity index is 1.91. The van der Waals surface area contributed by atoms with Crippen molar-refractivity contribution in [1.82, 2.24) is 5.32 Å². The average Bonchev–Trinajstić information content (AvgIpc) is 2.59. The molecule has 5 nitrogen and oxygen atoms in total. The first-order chi connectivity index (χ1) is 11.6. The van der Waals surface area contributed by atoms with Crippen molar-refractivity contribution in [2.24, 2.45) is 5.92 Å². The Labute approximate surface area is 141 Å². The van der Waals surface area contributed by atoms with Crippen LogP contribution in [-0.2, 0) is 16.0 Å². The van der Waals surface area contributed by atoms with Gasteiger partial charge in [0.15, 0.2) is 6.61 Å². The zero-order valence-corrected chi connectivity index (χ0v) is 13.6. The van der Waals surface area contributed by atoms with E-state index in [4.69, 9.17) is 9.84 Å². The second-order valence-electron chi connectivity index (χ2n) is 5.60. The minimum absolute atomic E-state index is 0.0865. The summed E-state index contributed by atoms with van der Waals surface area (Å²) < 4.78 is 5.60. The summed E-state index contributed by atoms with van der Waals surface area (Å²) >= 11 is 0. The lowest BCUT2D eigenvalue weighted by Crippen LogP contribution is -2.34. The quantitative estimate of drug-likeness (QED) is 0.781. The van der Waals surface area contributed by atoms with Gasteiger partial charge in [0, 0.05) is 13.0 Å². The molecule has 0 aliphatic rings. The monoisotopic (exact) mass is 327 g/mol. The Hall–Kier alpha value is -2.82. The lowest BCUT2D eigenvalue weighted by atomic mass is 10.0. The van der Waals surface area contributed by atoms with E-state index < -0.39 is 11.9 Å². The molecule has 1 amide bonds. The number of rotatable bonds is 8. The van der Waals surface area contributed by atoms with Crippen LogP contribution in [-0.4, -0.2) is 30.1 Å². The van der Waals surface area contributed by atoms with E-state index >= 15 is 0 Å². The smallest absolute Gasteiger partial charge is 0.308 e. The van der Waals surface area contributed by atoms with Crippen LogP contribution in [0.2, 0.25) is 0 Å². The van der Waals surface area contributed by atoms with Gasteiger partial charge in [0.25, 0.3) is 5.91 Å². The number of nitrogens with one attached hydrogen (secondary N) is 1. The van der Waals surface area contributed by atoms with Crippen LogP contribution in [0.3, 0.4) is 0 Å². The van der Waals surface area contributed by atoms with Crippen LogP contribution >= 0.6 is 0 Å². The molecule has 0 aromatic heterocycles. The van der Waals surface area contributed by atoms with Crippen molar-refractivity contribution in [3.63, 3.8) is 0 Å². The molecule has 0 saturated heterocycles. The Kier molecular flexibility index (Phi) is 6.37. The van der Waals surface area contributed by atoms with Gasteiger partial charge in [-0.15, -0.1) is 0 Å². The highest BCUT2D eigenvalue weighted by Crippen LogP contribution is 2.21. The third-order valence-electron chi connectivity index (χ3n) is 3.60. The maximum absolute atomic E-state index is 11.8. The Bertz CT molecular complexity index is 685. The minimum atomic E-state index is -0.940. The first-order valence-electron chi connectivity index (χ1n) is 7.80. The maximum atomic E-state index is 11.8. The lowest BCUT2D eigenvalue weighted by molar-refractivity contribution is -0.141. The first-order valence-corrected chi connectivity index (χ1v) is 7.80. The van der Waals surface area contributed by atoms with Gasteiger partial charge in [-0.25, -0.2) is 0 Å². The number of carboxylic acid groups (broad SMARTS) is 1. The molecule has 0 aliphatic carbocycles. The fourth-order valence-electron chi connectivity index (χ4n) is 2.16. The summed E-state index contributed by atoms with van der Waals surface area (Å²) in [6.45, 7) is 1.49. The SMILES string of the molecule is CC(CNC(=O)COc1ccccc1Cc1ccccc1)C(=O)O. The molecule has 0 spiro atoms. The standard InChI is InChI=1S/C19H21NO4/c1-14(19(22)23)12-20-18(21)13-24-17-10-6-5-9-16(17)11-15-7-3-2-4-8-15/h2-10,14H,11-13H2,1H3,(H,20,21)(H,22,23). The summed E-state index contributed by atoms with van der Waals surface area (Å²) in [6.07, 6.45) is 0.717. The highest BCUT2D eigenvalue weighted by molar-refractivity contribution is 5.78. The molecule has 24 heavy (non-hydrogen) atoms. The predicted octanol–water partition coefficient (Wildman–Crippen LogP) is 2.49. The number of aliphatic carboxylic acids is 1. The van der Waals surface area contributed by atoms with Crippen molar-refractivity contribution >= 4 is 11.9 Å². The van der Waals surface area contributed by atoms with Gasteiger partial charge < -0.3 is 15.2 Å². The number of hydrogen-bond donors (Lipinski definition) is 2. The van der Waals surface area contributed by atoms with E-state index in [0.29, 0.717) is 12.2 Å². The van der Waals surface area contributed by atoms with Crippen molar-refractivity contribution in [1.29, 1.82) is 0 Å². The van der Waals surface area contributed by atoms with Crippen LogP contribution in [0.15, 0.2) is 54.6 Å². The highest BCUT2D eigenvalue weighted by Gasteiger charge is 2.13. The van der Waals surface area contributed by atoms with Crippen molar-refractivity contribution < 1.29 is 19.4 Å². The number of carbonyl (C=O) groups excluding carboxylic acids is 1. The molecule has 2 aromatic carbocycles. The molecule has 0 bridgehead atoms. The average molecular weight is 327 g/mol. The maximum Gasteiger partial charge on any atom is 0.308 e. The summed E-state index contributed by atoms with van der Waals surface area (Å²) in [5, 5.41) is 11.4. The summed E-state index contributed by atoms with van der Waals surface area (Å²) in [7, 11) is 0. The van der Waals surface area contributed by atoms with E-state index in [1.54, 1.807) is 6.92 Å². The molecule has 2 aromatic rings. The van der Waals surface area contributed by atoms with Gasteiger partial charge in [-0.05, 0) is 17.2 Å². The van der Waals surface area contributed by atoms with Gasteiger partial charge in [-0.2, -0.15) is 0 Å². The summed E-state index contributed by atoms with van der Waals surface area (Å²) in [5.74, 6) is -1.25. The zero-order chi connectivity index (χ0) is 17.4. The molecule has 1 atom stereocenters. The van der Waals surface area contributed by atoms with Crippen LogP contribution in [0, 0.1) is 5.92 Å². The first kappa shape index (κ1) is 17.5. The zero-order valence-electron chi connectivity index (χ0n) is 13.6. The van der Waals surface area contributed by atoms with Crippen LogP contribution in [0.1, 0.15) is 18.1 Å². The van der Waals surface area contributed by atoms with E-state index in [2.05, 4.69) is 5.32 Å². The fraction of sp³-hybridized carbons (Fsp3) is 0.263. The number of para-hydroxylation sites is 1. The Morgan fingerprint density at radius 1 is 1.08 bits per heavy atom. The van der Waals surface area contributed by atoms with Crippen LogP contribution in [0.4, 0.5) is 0 Å². The normalized spacial score (nSPS) is 11.5. The van der Waals surface area contributed by atoms with Crippen molar-refractivity contribution in [2.75, 3.05) is 13.2 Å². The van der Waals surface area contributed by atoms with E-state index in [1.165, 1.54) is 0 Å². The van der Waals surface area contributed by atoms with E-state index in [-0.39, 0.29) is 19.1 Å². The lowest BCUT2D eigenvalue weighted by Gasteiger charge is -2.12. The third kappa shape index (κ3) is 5.43. The molecule has 126 valence electrons. The van der Waals surface area contributed by atoms with E-state index in [1.807, 2.05) is 54.6 Å². The molecule has 1 unspecified atom stereocenters. The molecular weight excluding hydrogens is 306 g/mol. The van der Waals surface area contributed by atoms with Crippen molar-refractivity contribution in [2.45, 2.75) is 13.3 Å². The molecule has 2 N–H and O–H groups in total. The molecule has 0 saturated carbocycles. The molecular formula is C19H21NO4. The Morgan fingerprint density at radius 2 is 1.75 bits per heavy atom. The van der Waals surface area contributed by atoms with E-state index in [0.717, 1.165) is 11.1 Å². The second kappa shape index (κ2) is 8.72. The van der Waals surface area contributed by atoms with Crippen LogP contribution in [0.5, 0.6) is 5.75 Å². The van der Waals surface area contributed by atoms with E-state index in [9.17, 15) is 9.59 Å². The molecule has 0 radical (unpaired) electrons. The fourth-order valence-corrected chi connectivity index (χ4v) is 2.16. The largest absolute Gasteiger partial charge is 0.483 e. The second-order valence-corrected chi connectivity index (χ2v) is 5.60. The highest BCUT2D eigenvalue weighted by atomic mass is 16.5. The number of benzene rings is 2. The molecule has 5 heteroatoms. The van der Waals surface area contributed by atoms with Crippen LogP contribution < -0.4 is 10.1 Å². The van der Waals surface area contributed by atoms with Crippen molar-refractivity contribution in [3.8, 4) is 5.75 Å². The number of ether oxygens (including phenoxy) is 1. The summed E-state index contributed by atoms with van der Waals surface area (Å²) in [6, 6.07) is 17.6. The van der Waals surface area contributed by atoms with Gasteiger partial charge in [-0.3, -0.25) is 9.59 Å². The third-order valence-corrected chi connectivity index (χ3v) is 3.60.